The van der Waals surface area contributed by atoms with Gasteiger partial charge in [0, 0.05) is 68.1 Å². The molecule has 0 spiro atoms. The molecule has 3 N–H and O–H groups in total. The van der Waals surface area contributed by atoms with Crippen molar-refractivity contribution in [3.63, 3.8) is 0 Å². The number of H-pyrrole nitrogens is 1. The van der Waals surface area contributed by atoms with Crippen LogP contribution in [0.2, 0.25) is 5.02 Å². The Hall–Kier alpha value is -1.25. The second kappa shape index (κ2) is 9.49. The smallest absolute Gasteiger partial charge is 0.114 e. The van der Waals surface area contributed by atoms with Crippen LogP contribution in [0.15, 0.2) is 23.2 Å². The molecule has 0 radical (unpaired) electrons. The molecule has 1 aromatic heterocycles. The molecule has 162 valence electrons. The summed E-state index contributed by atoms with van der Waals surface area (Å²) in [6.07, 6.45) is 3.19. The van der Waals surface area contributed by atoms with Crippen molar-refractivity contribution in [3.8, 4) is 0 Å². The molecule has 6 nitrogen and oxygen atoms in total. The summed E-state index contributed by atoms with van der Waals surface area (Å²) in [5.41, 5.74) is 3.31. The maximum atomic E-state index is 6.43. The number of halogens is 1. The van der Waals surface area contributed by atoms with Crippen molar-refractivity contribution in [2.24, 2.45) is 4.99 Å². The van der Waals surface area contributed by atoms with E-state index in [1.165, 1.54) is 0 Å². The summed E-state index contributed by atoms with van der Waals surface area (Å²) in [6, 6.07) is 7.10. The highest BCUT2D eigenvalue weighted by molar-refractivity contribution is 8.14. The molecule has 0 saturated carbocycles. The Morgan fingerprint density at radius 1 is 1.20 bits per heavy atom. The monoisotopic (exact) mass is 447 g/mol. The van der Waals surface area contributed by atoms with Gasteiger partial charge in [0.1, 0.15) is 5.04 Å². The van der Waals surface area contributed by atoms with Crippen LogP contribution in [0.3, 0.4) is 0 Å². The Kier molecular flexibility index (Phi) is 6.53. The van der Waals surface area contributed by atoms with E-state index in [2.05, 4.69) is 26.6 Å². The van der Waals surface area contributed by atoms with E-state index in [-0.39, 0.29) is 0 Å². The second-order valence-corrected chi connectivity index (χ2v) is 9.86. The fraction of sp³-hybridized carbons (Fsp3) is 0.591. The molecule has 3 aliphatic rings. The summed E-state index contributed by atoms with van der Waals surface area (Å²) in [4.78, 5) is 11.2. The normalized spacial score (nSPS) is 23.8. The van der Waals surface area contributed by atoms with Crippen LogP contribution in [0.4, 0.5) is 5.69 Å². The van der Waals surface area contributed by atoms with E-state index in [9.17, 15) is 0 Å². The van der Waals surface area contributed by atoms with Crippen LogP contribution in [-0.4, -0.2) is 78.7 Å². The summed E-state index contributed by atoms with van der Waals surface area (Å²) < 4.78 is 5.49. The highest BCUT2D eigenvalue weighted by atomic mass is 35.5. The number of nitrogens with zero attached hydrogens (tertiary/aromatic N) is 2. The van der Waals surface area contributed by atoms with Crippen molar-refractivity contribution in [2.45, 2.75) is 31.3 Å². The van der Waals surface area contributed by atoms with E-state index in [4.69, 9.17) is 21.3 Å². The average molecular weight is 448 g/mol. The molecular weight excluding hydrogens is 418 g/mol. The molecule has 0 aliphatic carbocycles. The van der Waals surface area contributed by atoms with Gasteiger partial charge in [-0.2, -0.15) is 0 Å². The largest absolute Gasteiger partial charge is 0.381 e. The first kappa shape index (κ1) is 20.6. The van der Waals surface area contributed by atoms with Gasteiger partial charge in [0.25, 0.3) is 0 Å². The lowest BCUT2D eigenvalue weighted by atomic mass is 10.1. The Balaban J connectivity index is 1.30. The number of aromatic amines is 1. The van der Waals surface area contributed by atoms with Crippen molar-refractivity contribution in [2.75, 3.05) is 57.0 Å². The molecule has 3 aliphatic heterocycles. The van der Waals surface area contributed by atoms with Crippen molar-refractivity contribution < 1.29 is 4.74 Å². The maximum Gasteiger partial charge on any atom is 0.114 e. The SMILES string of the molecule is Clc1cc(NC2CCOCC2)c2[nH]c(C3=N[C@H](CCN4CCNCC4)CS3)cc2c1. The molecular formula is C22H30ClN5OS. The van der Waals surface area contributed by atoms with Crippen molar-refractivity contribution in [1.82, 2.24) is 15.2 Å². The molecule has 0 amide bonds. The Labute approximate surface area is 187 Å². The van der Waals surface area contributed by atoms with Crippen LogP contribution in [0.25, 0.3) is 10.9 Å². The third-order valence-electron chi connectivity index (χ3n) is 6.20. The lowest BCUT2D eigenvalue weighted by Gasteiger charge is -2.27. The minimum absolute atomic E-state index is 0.412. The van der Waals surface area contributed by atoms with Gasteiger partial charge in [0.05, 0.1) is 22.9 Å². The predicted molar refractivity (Wildman–Crippen MR) is 127 cm³/mol. The van der Waals surface area contributed by atoms with Crippen LogP contribution in [0.1, 0.15) is 25.0 Å². The Bertz CT molecular complexity index is 904. The molecule has 2 saturated heterocycles. The van der Waals surface area contributed by atoms with Gasteiger partial charge in [0.2, 0.25) is 0 Å². The molecule has 5 rings (SSSR count). The number of anilines is 1. The van der Waals surface area contributed by atoms with Crippen LogP contribution < -0.4 is 10.6 Å². The zero-order valence-electron chi connectivity index (χ0n) is 17.3. The van der Waals surface area contributed by atoms with E-state index in [0.717, 1.165) is 103 Å². The van der Waals surface area contributed by atoms with Crippen molar-refractivity contribution >= 4 is 45.0 Å². The number of aliphatic imine (C=N–C) groups is 1. The van der Waals surface area contributed by atoms with Gasteiger partial charge in [-0.15, -0.1) is 11.8 Å². The zero-order chi connectivity index (χ0) is 20.3. The molecule has 2 aromatic rings. The van der Waals surface area contributed by atoms with E-state index in [0.29, 0.717) is 12.1 Å². The van der Waals surface area contributed by atoms with Crippen LogP contribution in [0.5, 0.6) is 0 Å². The summed E-state index contributed by atoms with van der Waals surface area (Å²) in [5.74, 6) is 1.07. The summed E-state index contributed by atoms with van der Waals surface area (Å²) in [7, 11) is 0. The highest BCUT2D eigenvalue weighted by Gasteiger charge is 2.23. The van der Waals surface area contributed by atoms with Crippen molar-refractivity contribution in [1.29, 1.82) is 0 Å². The number of piperazine rings is 1. The summed E-state index contributed by atoms with van der Waals surface area (Å²) in [6.45, 7) is 7.31. The number of hydrogen-bond acceptors (Lipinski definition) is 6. The fourth-order valence-corrected chi connectivity index (χ4v) is 5.78. The lowest BCUT2D eigenvalue weighted by molar-refractivity contribution is 0.0905. The van der Waals surface area contributed by atoms with Gasteiger partial charge >= 0.3 is 0 Å². The molecule has 30 heavy (non-hydrogen) atoms. The Morgan fingerprint density at radius 2 is 2.03 bits per heavy atom. The molecule has 1 aromatic carbocycles. The third-order valence-corrected chi connectivity index (χ3v) is 7.57. The topological polar surface area (TPSA) is 64.7 Å². The molecule has 2 fully saturated rings. The number of benzene rings is 1. The zero-order valence-corrected chi connectivity index (χ0v) is 18.8. The number of nitrogens with one attached hydrogen (secondary N) is 3. The minimum Gasteiger partial charge on any atom is -0.381 e. The second-order valence-electron chi connectivity index (χ2n) is 8.41. The molecule has 1 atom stereocenters. The number of rotatable bonds is 6. The van der Waals surface area contributed by atoms with Crippen LogP contribution in [-0.2, 0) is 4.74 Å². The van der Waals surface area contributed by atoms with E-state index < -0.39 is 0 Å². The maximum absolute atomic E-state index is 6.43. The van der Waals surface area contributed by atoms with Crippen LogP contribution in [0, 0.1) is 0 Å². The van der Waals surface area contributed by atoms with Crippen molar-refractivity contribution in [3.05, 3.63) is 28.9 Å². The van der Waals surface area contributed by atoms with Crippen LogP contribution >= 0.6 is 23.4 Å². The minimum atomic E-state index is 0.412. The van der Waals surface area contributed by atoms with Gasteiger partial charge in [-0.25, -0.2) is 0 Å². The quantitative estimate of drug-likeness (QED) is 0.631. The van der Waals surface area contributed by atoms with Gasteiger partial charge in [-0.3, -0.25) is 4.99 Å². The van der Waals surface area contributed by atoms with E-state index in [1.54, 1.807) is 0 Å². The van der Waals surface area contributed by atoms with Gasteiger partial charge in [-0.05, 0) is 37.5 Å². The van der Waals surface area contributed by atoms with E-state index in [1.807, 2.05) is 23.9 Å². The average Bonchev–Trinajstić information content (AvgIpc) is 3.41. The summed E-state index contributed by atoms with van der Waals surface area (Å²) >= 11 is 8.29. The third kappa shape index (κ3) is 4.81. The number of thioether (sulfide) groups is 1. The van der Waals surface area contributed by atoms with Gasteiger partial charge in [-0.1, -0.05) is 11.6 Å². The molecule has 0 bridgehead atoms. The van der Waals surface area contributed by atoms with Gasteiger partial charge in [0.15, 0.2) is 0 Å². The first-order valence-corrected chi connectivity index (χ1v) is 12.4. The Morgan fingerprint density at radius 3 is 2.87 bits per heavy atom. The van der Waals surface area contributed by atoms with Gasteiger partial charge < -0.3 is 25.3 Å². The standard InChI is InChI=1S/C22H30ClN5OS/c23-16-11-15-12-20(27-21(15)19(13-16)25-17-2-9-29-10-3-17)22-26-18(14-30-22)1-6-28-7-4-24-5-8-28/h11-13,17-18,24-25,27H,1-10,14H2/t18-/m1/s1. The lowest BCUT2D eigenvalue weighted by Crippen LogP contribution is -2.44. The highest BCUT2D eigenvalue weighted by Crippen LogP contribution is 2.33. The number of aromatic nitrogens is 1. The number of hydrogen-bond donors (Lipinski definition) is 3. The van der Waals surface area contributed by atoms with E-state index >= 15 is 0 Å². The number of ether oxygens (including phenoxy) is 1. The molecule has 8 heteroatoms. The summed E-state index contributed by atoms with van der Waals surface area (Å²) in [5, 5.41) is 10.1. The first-order chi connectivity index (χ1) is 14.7. The number of fused-ring (bicyclic) bond motifs is 1. The predicted octanol–water partition coefficient (Wildman–Crippen LogP) is 3.57. The molecule has 4 heterocycles. The fourth-order valence-electron chi connectivity index (χ4n) is 4.48. The first-order valence-electron chi connectivity index (χ1n) is 11.1. The molecule has 0 unspecified atom stereocenters.